The summed E-state index contributed by atoms with van der Waals surface area (Å²) in [7, 11) is 0. The van der Waals surface area contributed by atoms with Gasteiger partial charge in [-0.2, -0.15) is 0 Å². The van der Waals surface area contributed by atoms with E-state index >= 15 is 0 Å². The van der Waals surface area contributed by atoms with Crippen LogP contribution in [0.5, 0.6) is 0 Å². The lowest BCUT2D eigenvalue weighted by atomic mass is 10.2. The quantitative estimate of drug-likeness (QED) is 0.880. The predicted octanol–water partition coefficient (Wildman–Crippen LogP) is 2.73. The Bertz CT molecular complexity index is 595. The third-order valence-electron chi connectivity index (χ3n) is 3.35. The van der Waals surface area contributed by atoms with Crippen LogP contribution in [0.3, 0.4) is 0 Å². The van der Waals surface area contributed by atoms with Crippen molar-refractivity contribution >= 4 is 15.9 Å². The molecule has 20 heavy (non-hydrogen) atoms. The smallest absolute Gasteiger partial charge is 0.137 e. The summed E-state index contributed by atoms with van der Waals surface area (Å²) in [4.78, 5) is 0. The van der Waals surface area contributed by atoms with Crippen LogP contribution in [-0.2, 0) is 13.1 Å². The minimum Gasteiger partial charge on any atom is -0.311 e. The summed E-state index contributed by atoms with van der Waals surface area (Å²) in [6, 6.07) is 4.98. The summed E-state index contributed by atoms with van der Waals surface area (Å²) in [5, 5.41) is 11.6. The molecule has 6 heteroatoms. The van der Waals surface area contributed by atoms with Crippen molar-refractivity contribution in [3.05, 3.63) is 45.9 Å². The molecule has 1 heterocycles. The number of benzene rings is 1. The van der Waals surface area contributed by atoms with Crippen molar-refractivity contribution in [1.29, 1.82) is 0 Å². The molecule has 1 aliphatic carbocycles. The molecule has 2 aromatic rings. The molecule has 1 aromatic heterocycles. The fraction of sp³-hybridized carbons (Fsp3) is 0.429. The molecule has 0 radical (unpaired) electrons. The van der Waals surface area contributed by atoms with Crippen LogP contribution in [0.4, 0.5) is 4.39 Å². The molecule has 1 fully saturated rings. The highest BCUT2D eigenvalue weighted by Gasteiger charge is 2.20. The number of rotatable bonds is 6. The lowest BCUT2D eigenvalue weighted by molar-refractivity contribution is 0.615. The number of halogens is 2. The Balaban J connectivity index is 1.56. The topological polar surface area (TPSA) is 42.7 Å². The molecule has 106 valence electrons. The highest BCUT2D eigenvalue weighted by molar-refractivity contribution is 9.10. The van der Waals surface area contributed by atoms with E-state index in [1.807, 2.05) is 6.20 Å². The third-order valence-corrected chi connectivity index (χ3v) is 3.96. The summed E-state index contributed by atoms with van der Waals surface area (Å²) >= 11 is 3.19. The minimum absolute atomic E-state index is 0.252. The zero-order chi connectivity index (χ0) is 13.9. The summed E-state index contributed by atoms with van der Waals surface area (Å²) < 4.78 is 15.4. The molecular formula is C14H16BrFN4. The van der Waals surface area contributed by atoms with Gasteiger partial charge in [0.1, 0.15) is 5.82 Å². The van der Waals surface area contributed by atoms with Crippen LogP contribution in [0.2, 0.25) is 0 Å². The fourth-order valence-corrected chi connectivity index (χ4v) is 2.47. The summed E-state index contributed by atoms with van der Waals surface area (Å²) in [6.45, 7) is 2.41. The molecule has 0 unspecified atom stereocenters. The van der Waals surface area contributed by atoms with E-state index in [1.165, 1.54) is 18.9 Å². The Morgan fingerprint density at radius 3 is 3.00 bits per heavy atom. The summed E-state index contributed by atoms with van der Waals surface area (Å²) in [6.07, 6.45) is 4.62. The van der Waals surface area contributed by atoms with E-state index in [4.69, 9.17) is 0 Å². The first-order chi connectivity index (χ1) is 9.70. The zero-order valence-corrected chi connectivity index (χ0v) is 12.6. The van der Waals surface area contributed by atoms with Gasteiger partial charge in [-0.15, -0.1) is 5.10 Å². The number of nitrogens with one attached hydrogen (secondary N) is 1. The minimum atomic E-state index is -0.252. The van der Waals surface area contributed by atoms with Crippen LogP contribution < -0.4 is 5.32 Å². The zero-order valence-electron chi connectivity index (χ0n) is 11.0. The van der Waals surface area contributed by atoms with Gasteiger partial charge >= 0.3 is 0 Å². The van der Waals surface area contributed by atoms with Crippen LogP contribution in [0.25, 0.3) is 0 Å². The highest BCUT2D eigenvalue weighted by Crippen LogP contribution is 2.27. The van der Waals surface area contributed by atoms with Crippen molar-refractivity contribution in [2.75, 3.05) is 6.54 Å². The van der Waals surface area contributed by atoms with Gasteiger partial charge in [0.15, 0.2) is 0 Å². The van der Waals surface area contributed by atoms with Gasteiger partial charge < -0.3 is 5.32 Å². The van der Waals surface area contributed by atoms with Gasteiger partial charge in [-0.1, -0.05) is 11.3 Å². The van der Waals surface area contributed by atoms with Crippen molar-refractivity contribution in [3.63, 3.8) is 0 Å². The van der Waals surface area contributed by atoms with Gasteiger partial charge in [-0.3, -0.25) is 0 Å². The standard InChI is InChI=1S/C14H16BrFN4/c15-13-5-11(3-4-14(13)16)8-20-9-12(18-19-20)7-17-6-10-1-2-10/h3-5,9-10,17H,1-2,6-8H2. The maximum absolute atomic E-state index is 13.2. The van der Waals surface area contributed by atoms with Crippen molar-refractivity contribution in [1.82, 2.24) is 20.3 Å². The Hall–Kier alpha value is -1.27. The van der Waals surface area contributed by atoms with Crippen molar-refractivity contribution < 1.29 is 4.39 Å². The average Bonchev–Trinajstić information content (AvgIpc) is 3.14. The van der Waals surface area contributed by atoms with Crippen LogP contribution >= 0.6 is 15.9 Å². The Labute approximate surface area is 125 Å². The molecule has 3 rings (SSSR count). The fourth-order valence-electron chi connectivity index (χ4n) is 2.05. The molecule has 1 aliphatic rings. The largest absolute Gasteiger partial charge is 0.311 e. The summed E-state index contributed by atoms with van der Waals surface area (Å²) in [5.74, 6) is 0.610. The van der Waals surface area contributed by atoms with Gasteiger partial charge in [0, 0.05) is 6.54 Å². The second-order valence-electron chi connectivity index (χ2n) is 5.23. The second-order valence-corrected chi connectivity index (χ2v) is 6.08. The van der Waals surface area contributed by atoms with E-state index in [-0.39, 0.29) is 5.82 Å². The number of hydrogen-bond donors (Lipinski definition) is 1. The lowest BCUT2D eigenvalue weighted by Gasteiger charge is -2.02. The molecule has 4 nitrogen and oxygen atoms in total. The van der Waals surface area contributed by atoms with E-state index in [2.05, 4.69) is 31.6 Å². The molecule has 1 saturated carbocycles. The van der Waals surface area contributed by atoms with E-state index in [9.17, 15) is 4.39 Å². The third kappa shape index (κ3) is 3.64. The highest BCUT2D eigenvalue weighted by atomic mass is 79.9. The number of aromatic nitrogens is 3. The van der Waals surface area contributed by atoms with E-state index in [0.717, 1.165) is 30.3 Å². The van der Waals surface area contributed by atoms with Gasteiger partial charge in [0.05, 0.1) is 22.9 Å². The predicted molar refractivity (Wildman–Crippen MR) is 77.7 cm³/mol. The first kappa shape index (κ1) is 13.7. The number of nitrogens with zero attached hydrogens (tertiary/aromatic N) is 3. The monoisotopic (exact) mass is 338 g/mol. The van der Waals surface area contributed by atoms with Crippen LogP contribution in [0.1, 0.15) is 24.1 Å². The van der Waals surface area contributed by atoms with Gasteiger partial charge in [0.2, 0.25) is 0 Å². The van der Waals surface area contributed by atoms with Crippen molar-refractivity contribution in [3.8, 4) is 0 Å². The molecule has 0 saturated heterocycles. The SMILES string of the molecule is Fc1ccc(Cn2cc(CNCC3CC3)nn2)cc1Br. The molecule has 1 N–H and O–H groups in total. The molecule has 1 aromatic carbocycles. The van der Waals surface area contributed by atoms with Crippen molar-refractivity contribution in [2.24, 2.45) is 5.92 Å². The average molecular weight is 339 g/mol. The van der Waals surface area contributed by atoms with Crippen LogP contribution in [0, 0.1) is 11.7 Å². The maximum Gasteiger partial charge on any atom is 0.137 e. The Morgan fingerprint density at radius 2 is 2.25 bits per heavy atom. The Morgan fingerprint density at radius 1 is 1.40 bits per heavy atom. The molecule has 0 amide bonds. The molecule has 0 bridgehead atoms. The normalized spacial score (nSPS) is 14.7. The van der Waals surface area contributed by atoms with E-state index in [1.54, 1.807) is 16.8 Å². The second kappa shape index (κ2) is 6.01. The van der Waals surface area contributed by atoms with Crippen molar-refractivity contribution in [2.45, 2.75) is 25.9 Å². The maximum atomic E-state index is 13.2. The van der Waals surface area contributed by atoms with Gasteiger partial charge in [-0.25, -0.2) is 9.07 Å². The molecule has 0 spiro atoms. The lowest BCUT2D eigenvalue weighted by Crippen LogP contribution is -2.16. The van der Waals surface area contributed by atoms with Crippen LogP contribution in [-0.4, -0.2) is 21.5 Å². The van der Waals surface area contributed by atoms with Crippen LogP contribution in [0.15, 0.2) is 28.9 Å². The first-order valence-corrected chi connectivity index (χ1v) is 7.53. The summed E-state index contributed by atoms with van der Waals surface area (Å²) in [5.41, 5.74) is 1.92. The van der Waals surface area contributed by atoms with Gasteiger partial charge in [0.25, 0.3) is 0 Å². The van der Waals surface area contributed by atoms with E-state index < -0.39 is 0 Å². The molecular weight excluding hydrogens is 323 g/mol. The molecule has 0 aliphatic heterocycles. The van der Waals surface area contributed by atoms with Gasteiger partial charge in [-0.05, 0) is 58.9 Å². The van der Waals surface area contributed by atoms with E-state index in [0.29, 0.717) is 11.0 Å². The first-order valence-electron chi connectivity index (χ1n) is 6.74. The number of hydrogen-bond acceptors (Lipinski definition) is 3. The Kier molecular flexibility index (Phi) is 4.12. The molecule has 0 atom stereocenters.